The summed E-state index contributed by atoms with van der Waals surface area (Å²) in [5.74, 6) is 1.14. The zero-order valence-corrected chi connectivity index (χ0v) is 21.3. The van der Waals surface area contributed by atoms with Crippen LogP contribution < -0.4 is 5.32 Å². The molecule has 0 radical (unpaired) electrons. The minimum Gasteiger partial charge on any atom is -0.393 e. The quantitative estimate of drug-likeness (QED) is 0.470. The fraction of sp³-hybridized carbons (Fsp3) is 0.571. The summed E-state index contributed by atoms with van der Waals surface area (Å²) in [6, 6.07) is 8.98. The Morgan fingerprint density at radius 3 is 2.49 bits per heavy atom. The van der Waals surface area contributed by atoms with Crippen molar-refractivity contribution in [1.29, 1.82) is 0 Å². The van der Waals surface area contributed by atoms with Gasteiger partial charge in [-0.2, -0.15) is 0 Å². The van der Waals surface area contributed by atoms with Crippen molar-refractivity contribution in [3.05, 3.63) is 47.8 Å². The Kier molecular flexibility index (Phi) is 7.66. The third kappa shape index (κ3) is 5.68. The summed E-state index contributed by atoms with van der Waals surface area (Å²) in [5.41, 5.74) is 5.89. The van der Waals surface area contributed by atoms with Crippen molar-refractivity contribution >= 4 is 17.0 Å². The molecule has 2 fully saturated rings. The number of nitrogens with one attached hydrogen (secondary N) is 1. The van der Waals surface area contributed by atoms with Crippen LogP contribution in [0.25, 0.3) is 16.7 Å². The van der Waals surface area contributed by atoms with E-state index in [1.165, 1.54) is 11.1 Å². The number of likely N-dealkylation sites (N-methyl/N-ethyl adjacent to an activating group) is 1. The number of piperazine rings is 1. The maximum atomic E-state index is 10.0. The van der Waals surface area contributed by atoms with Crippen LogP contribution in [-0.4, -0.2) is 75.3 Å². The number of hydrogen-bond donors (Lipinski definition) is 2. The highest BCUT2D eigenvalue weighted by atomic mass is 16.3. The van der Waals surface area contributed by atoms with E-state index in [2.05, 4.69) is 69.1 Å². The van der Waals surface area contributed by atoms with E-state index in [1.54, 1.807) is 0 Å². The molecule has 188 valence electrons. The van der Waals surface area contributed by atoms with E-state index in [1.807, 2.05) is 6.20 Å². The van der Waals surface area contributed by atoms with Gasteiger partial charge in [-0.15, -0.1) is 0 Å². The van der Waals surface area contributed by atoms with Gasteiger partial charge in [-0.3, -0.25) is 4.90 Å². The standard InChI is InChI=1S/C28H40N6O/c1-3-4-13-29-28-30-18-26-27(31-28)25(22-7-11-24(35)12-8-22)20-34(26)23-9-5-21(6-10-23)19-33-16-14-32(2)15-17-33/h5-6,9-10,18,20,22,24,35H,3-4,7-8,11-17,19H2,1-2H3,(H,29,30,31)/t22-,24-. The molecule has 1 saturated carbocycles. The zero-order chi connectivity index (χ0) is 24.2. The number of hydrogen-bond acceptors (Lipinski definition) is 6. The van der Waals surface area contributed by atoms with Gasteiger partial charge in [0, 0.05) is 51.2 Å². The Labute approximate surface area is 209 Å². The highest BCUT2D eigenvalue weighted by molar-refractivity contribution is 5.82. The van der Waals surface area contributed by atoms with Gasteiger partial charge in [-0.25, -0.2) is 9.97 Å². The molecule has 3 aromatic rings. The molecule has 5 rings (SSSR count). The molecule has 0 amide bonds. The van der Waals surface area contributed by atoms with Gasteiger partial charge in [-0.05, 0) is 68.3 Å². The Hall–Kier alpha value is -2.48. The van der Waals surface area contributed by atoms with E-state index in [-0.39, 0.29) is 6.10 Å². The van der Waals surface area contributed by atoms with Gasteiger partial charge < -0.3 is 19.9 Å². The van der Waals surface area contributed by atoms with Crippen molar-refractivity contribution < 1.29 is 5.11 Å². The van der Waals surface area contributed by atoms with Crippen LogP contribution >= 0.6 is 0 Å². The second-order valence-electron chi connectivity index (χ2n) is 10.4. The van der Waals surface area contributed by atoms with E-state index in [0.717, 1.165) is 94.5 Å². The minimum absolute atomic E-state index is 0.159. The van der Waals surface area contributed by atoms with E-state index >= 15 is 0 Å². The number of aliphatic hydroxyl groups excluding tert-OH is 1. The Bertz CT molecular complexity index is 1090. The summed E-state index contributed by atoms with van der Waals surface area (Å²) in [6.45, 7) is 8.64. The molecule has 1 aromatic carbocycles. The first kappa shape index (κ1) is 24.2. The number of unbranched alkanes of at least 4 members (excludes halogenated alkanes) is 1. The van der Waals surface area contributed by atoms with Gasteiger partial charge in [0.2, 0.25) is 5.95 Å². The van der Waals surface area contributed by atoms with Crippen LogP contribution in [0.2, 0.25) is 0 Å². The summed E-state index contributed by atoms with van der Waals surface area (Å²) in [4.78, 5) is 14.6. The molecule has 7 heteroatoms. The maximum Gasteiger partial charge on any atom is 0.223 e. The largest absolute Gasteiger partial charge is 0.393 e. The second-order valence-corrected chi connectivity index (χ2v) is 10.4. The highest BCUT2D eigenvalue weighted by Gasteiger charge is 2.25. The van der Waals surface area contributed by atoms with Crippen LogP contribution in [0.3, 0.4) is 0 Å². The molecule has 1 aliphatic heterocycles. The zero-order valence-electron chi connectivity index (χ0n) is 21.3. The predicted molar refractivity (Wildman–Crippen MR) is 142 cm³/mol. The molecule has 2 aliphatic rings. The maximum absolute atomic E-state index is 10.0. The van der Waals surface area contributed by atoms with Crippen LogP contribution in [0.5, 0.6) is 0 Å². The molecule has 0 spiro atoms. The van der Waals surface area contributed by atoms with Gasteiger partial charge in [0.15, 0.2) is 0 Å². The third-order valence-corrected chi connectivity index (χ3v) is 7.74. The van der Waals surface area contributed by atoms with Gasteiger partial charge in [0.05, 0.1) is 23.3 Å². The fourth-order valence-electron chi connectivity index (χ4n) is 5.42. The molecule has 3 heterocycles. The van der Waals surface area contributed by atoms with E-state index in [9.17, 15) is 5.11 Å². The van der Waals surface area contributed by atoms with E-state index in [0.29, 0.717) is 11.9 Å². The van der Waals surface area contributed by atoms with Crippen molar-refractivity contribution in [1.82, 2.24) is 24.3 Å². The van der Waals surface area contributed by atoms with Crippen LogP contribution in [-0.2, 0) is 6.54 Å². The van der Waals surface area contributed by atoms with Crippen molar-refractivity contribution in [3.8, 4) is 5.69 Å². The number of aliphatic hydroxyl groups is 1. The smallest absolute Gasteiger partial charge is 0.223 e. The number of rotatable bonds is 8. The first-order valence-corrected chi connectivity index (χ1v) is 13.4. The van der Waals surface area contributed by atoms with Crippen molar-refractivity contribution in [2.24, 2.45) is 0 Å². The molecule has 1 saturated heterocycles. The number of aromatic nitrogens is 3. The summed E-state index contributed by atoms with van der Waals surface area (Å²) in [7, 11) is 2.20. The number of fused-ring (bicyclic) bond motifs is 1. The molecule has 0 unspecified atom stereocenters. The Morgan fingerprint density at radius 1 is 1.03 bits per heavy atom. The molecule has 7 nitrogen and oxygen atoms in total. The lowest BCUT2D eigenvalue weighted by Crippen LogP contribution is -2.43. The predicted octanol–water partition coefficient (Wildman–Crippen LogP) is 4.40. The lowest BCUT2D eigenvalue weighted by Gasteiger charge is -2.32. The molecule has 1 aliphatic carbocycles. The lowest BCUT2D eigenvalue weighted by atomic mass is 9.83. The normalized spacial score (nSPS) is 22.0. The van der Waals surface area contributed by atoms with Crippen molar-refractivity contribution in [2.75, 3.05) is 45.1 Å². The van der Waals surface area contributed by atoms with Crippen molar-refractivity contribution in [3.63, 3.8) is 0 Å². The van der Waals surface area contributed by atoms with Gasteiger partial charge in [0.1, 0.15) is 0 Å². The Balaban J connectivity index is 1.41. The summed E-state index contributed by atoms with van der Waals surface area (Å²) in [6.07, 6.45) is 10.1. The first-order valence-electron chi connectivity index (χ1n) is 13.4. The average molecular weight is 477 g/mol. The second kappa shape index (κ2) is 11.1. The molecule has 2 aromatic heterocycles. The molecule has 2 N–H and O–H groups in total. The average Bonchev–Trinajstić information content (AvgIpc) is 3.25. The van der Waals surface area contributed by atoms with E-state index < -0.39 is 0 Å². The van der Waals surface area contributed by atoms with Gasteiger partial charge in [0.25, 0.3) is 0 Å². The number of nitrogens with zero attached hydrogens (tertiary/aromatic N) is 5. The molecule has 35 heavy (non-hydrogen) atoms. The molecule has 0 atom stereocenters. The fourth-order valence-corrected chi connectivity index (χ4v) is 5.42. The third-order valence-electron chi connectivity index (χ3n) is 7.74. The Morgan fingerprint density at radius 2 is 1.77 bits per heavy atom. The first-order chi connectivity index (χ1) is 17.1. The molecular weight excluding hydrogens is 436 g/mol. The summed E-state index contributed by atoms with van der Waals surface area (Å²) >= 11 is 0. The van der Waals surface area contributed by atoms with Crippen LogP contribution in [0.4, 0.5) is 5.95 Å². The number of benzene rings is 1. The highest BCUT2D eigenvalue weighted by Crippen LogP contribution is 2.38. The SMILES string of the molecule is CCCCNc1ncc2c(n1)c([C@H]1CC[C@H](O)CC1)cn2-c1ccc(CN2CCN(C)CC2)cc1. The minimum atomic E-state index is -0.159. The van der Waals surface area contributed by atoms with Gasteiger partial charge in [-0.1, -0.05) is 25.5 Å². The van der Waals surface area contributed by atoms with Crippen molar-refractivity contribution in [2.45, 2.75) is 64.0 Å². The summed E-state index contributed by atoms with van der Waals surface area (Å²) < 4.78 is 2.26. The number of anilines is 1. The topological polar surface area (TPSA) is 69.5 Å². The van der Waals surface area contributed by atoms with Crippen LogP contribution in [0.15, 0.2) is 36.7 Å². The molecule has 0 bridgehead atoms. The lowest BCUT2D eigenvalue weighted by molar-refractivity contribution is 0.122. The van der Waals surface area contributed by atoms with Crippen LogP contribution in [0, 0.1) is 0 Å². The van der Waals surface area contributed by atoms with Crippen LogP contribution in [0.1, 0.15) is 62.5 Å². The molecular formula is C28H40N6O. The van der Waals surface area contributed by atoms with Gasteiger partial charge >= 0.3 is 0 Å². The summed E-state index contributed by atoms with van der Waals surface area (Å²) in [5, 5.41) is 13.4. The monoisotopic (exact) mass is 476 g/mol. The van der Waals surface area contributed by atoms with E-state index in [4.69, 9.17) is 4.98 Å².